The summed E-state index contributed by atoms with van der Waals surface area (Å²) in [7, 11) is -2.20. The summed E-state index contributed by atoms with van der Waals surface area (Å²) < 4.78 is 49.1. The molecule has 1 aromatic carbocycles. The van der Waals surface area contributed by atoms with Gasteiger partial charge in [0.25, 0.3) is 0 Å². The van der Waals surface area contributed by atoms with Crippen molar-refractivity contribution in [3.05, 3.63) is 29.8 Å². The maximum Gasteiger partial charge on any atom is 0.241 e. The van der Waals surface area contributed by atoms with Gasteiger partial charge in [-0.3, -0.25) is 0 Å². The molecule has 0 aliphatic carbocycles. The zero-order chi connectivity index (χ0) is 15.6. The molecule has 114 valence electrons. The molecule has 0 spiro atoms. The minimum Gasteiger partial charge on any atom is -0.212 e. The number of aryl methyl sites for hydroxylation is 1. The summed E-state index contributed by atoms with van der Waals surface area (Å²) in [4.78, 5) is 0.0789. The molecule has 0 aliphatic heterocycles. The molecule has 0 bridgehead atoms. The number of halogens is 1. The predicted molar refractivity (Wildman–Crippen MR) is 79.9 cm³/mol. The zero-order valence-corrected chi connectivity index (χ0v) is 13.9. The van der Waals surface area contributed by atoms with E-state index in [0.717, 1.165) is 0 Å². The molecule has 5 nitrogen and oxygen atoms in total. The number of nitrogens with one attached hydrogen (secondary N) is 1. The fraction of sp³-hybridized carbons (Fsp3) is 0.500. The zero-order valence-electron chi connectivity index (χ0n) is 11.6. The van der Waals surface area contributed by atoms with Gasteiger partial charge >= 0.3 is 0 Å². The molecular weight excluding hydrogens is 322 g/mol. The van der Waals surface area contributed by atoms with Gasteiger partial charge < -0.3 is 0 Å². The van der Waals surface area contributed by atoms with Crippen LogP contribution in [0.15, 0.2) is 29.2 Å². The van der Waals surface area contributed by atoms with Gasteiger partial charge in [-0.25, -0.2) is 21.6 Å². The second-order valence-corrected chi connectivity index (χ2v) is 10.0. The van der Waals surface area contributed by atoms with Crippen LogP contribution in [0.4, 0.5) is 0 Å². The van der Waals surface area contributed by atoms with E-state index in [-0.39, 0.29) is 17.1 Å². The Balaban J connectivity index is 3.13. The molecule has 0 radical (unpaired) electrons. The van der Waals surface area contributed by atoms with E-state index in [1.807, 2.05) is 0 Å². The Morgan fingerprint density at radius 1 is 1.10 bits per heavy atom. The number of benzene rings is 1. The Hall–Kier alpha value is -0.630. The highest BCUT2D eigenvalue weighted by Gasteiger charge is 2.24. The van der Waals surface area contributed by atoms with Crippen molar-refractivity contribution in [3.8, 4) is 0 Å². The second kappa shape index (κ2) is 6.01. The van der Waals surface area contributed by atoms with Gasteiger partial charge in [0.15, 0.2) is 0 Å². The highest BCUT2D eigenvalue weighted by molar-refractivity contribution is 8.13. The highest BCUT2D eigenvalue weighted by atomic mass is 35.7. The predicted octanol–water partition coefficient (Wildman–Crippen LogP) is 1.87. The molecule has 1 N–H and O–H groups in total. The average Bonchev–Trinajstić information content (AvgIpc) is 2.22. The molecule has 0 atom stereocenters. The van der Waals surface area contributed by atoms with Crippen LogP contribution in [0.2, 0.25) is 0 Å². The maximum absolute atomic E-state index is 12.3. The van der Waals surface area contributed by atoms with Crippen LogP contribution < -0.4 is 4.72 Å². The van der Waals surface area contributed by atoms with Crippen LogP contribution in [0.5, 0.6) is 0 Å². The summed E-state index contributed by atoms with van der Waals surface area (Å²) in [6.45, 7) is 5.20. The molecule has 0 saturated carbocycles. The number of hydrogen-bond acceptors (Lipinski definition) is 4. The SMILES string of the molecule is CC(C)(C)NS(=O)(=O)c1ccccc1CCS(=O)(=O)Cl. The van der Waals surface area contributed by atoms with Crippen molar-refractivity contribution >= 4 is 29.8 Å². The third kappa shape index (κ3) is 5.78. The molecule has 20 heavy (non-hydrogen) atoms. The van der Waals surface area contributed by atoms with E-state index in [1.165, 1.54) is 6.07 Å². The van der Waals surface area contributed by atoms with Crippen LogP contribution in [-0.2, 0) is 25.5 Å². The highest BCUT2D eigenvalue weighted by Crippen LogP contribution is 2.19. The minimum absolute atomic E-state index is 0.0487. The van der Waals surface area contributed by atoms with Crippen molar-refractivity contribution in [2.75, 3.05) is 5.75 Å². The van der Waals surface area contributed by atoms with Crippen molar-refractivity contribution in [3.63, 3.8) is 0 Å². The maximum atomic E-state index is 12.3. The summed E-state index contributed by atoms with van der Waals surface area (Å²) in [5, 5.41) is 0. The van der Waals surface area contributed by atoms with Crippen LogP contribution in [0.1, 0.15) is 26.3 Å². The van der Waals surface area contributed by atoms with Crippen LogP contribution in [0, 0.1) is 0 Å². The first-order valence-electron chi connectivity index (χ1n) is 5.95. The van der Waals surface area contributed by atoms with Crippen molar-refractivity contribution in [2.45, 2.75) is 37.6 Å². The lowest BCUT2D eigenvalue weighted by molar-refractivity contribution is 0.491. The third-order valence-electron chi connectivity index (χ3n) is 2.32. The van der Waals surface area contributed by atoms with Gasteiger partial charge in [0.2, 0.25) is 19.1 Å². The monoisotopic (exact) mass is 339 g/mol. The normalized spacial score (nSPS) is 13.4. The molecule has 0 saturated heterocycles. The molecule has 0 fully saturated rings. The molecule has 0 unspecified atom stereocenters. The summed E-state index contributed by atoms with van der Waals surface area (Å²) in [6.07, 6.45) is 0.0487. The average molecular weight is 340 g/mol. The third-order valence-corrected chi connectivity index (χ3v) is 5.33. The molecule has 0 amide bonds. The second-order valence-electron chi connectivity index (χ2n) is 5.46. The van der Waals surface area contributed by atoms with Gasteiger partial charge in [0.1, 0.15) is 0 Å². The topological polar surface area (TPSA) is 80.3 Å². The van der Waals surface area contributed by atoms with Gasteiger partial charge in [-0.1, -0.05) is 18.2 Å². The van der Waals surface area contributed by atoms with E-state index in [2.05, 4.69) is 4.72 Å². The molecular formula is C12H18ClNO4S2. The van der Waals surface area contributed by atoms with Crippen LogP contribution >= 0.6 is 10.7 Å². The van der Waals surface area contributed by atoms with Crippen LogP contribution in [-0.4, -0.2) is 28.1 Å². The van der Waals surface area contributed by atoms with Crippen LogP contribution in [0.25, 0.3) is 0 Å². The molecule has 0 heterocycles. The first-order valence-corrected chi connectivity index (χ1v) is 9.91. The van der Waals surface area contributed by atoms with Crippen molar-refractivity contribution in [2.24, 2.45) is 0 Å². The molecule has 1 aromatic rings. The van der Waals surface area contributed by atoms with Crippen LogP contribution in [0.3, 0.4) is 0 Å². The van der Waals surface area contributed by atoms with Gasteiger partial charge in [-0.2, -0.15) is 0 Å². The van der Waals surface area contributed by atoms with E-state index in [1.54, 1.807) is 39.0 Å². The number of sulfonamides is 1. The largest absolute Gasteiger partial charge is 0.241 e. The molecule has 8 heteroatoms. The van der Waals surface area contributed by atoms with Gasteiger partial charge in [0.05, 0.1) is 10.6 Å². The van der Waals surface area contributed by atoms with E-state index < -0.39 is 24.6 Å². The van der Waals surface area contributed by atoms with Gasteiger partial charge in [-0.15, -0.1) is 0 Å². The van der Waals surface area contributed by atoms with Crippen molar-refractivity contribution in [1.82, 2.24) is 4.72 Å². The summed E-state index contributed by atoms with van der Waals surface area (Å²) in [5.74, 6) is -0.309. The lowest BCUT2D eigenvalue weighted by Gasteiger charge is -2.21. The molecule has 0 aromatic heterocycles. The summed E-state index contributed by atoms with van der Waals surface area (Å²) in [5.41, 5.74) is -0.196. The van der Waals surface area contributed by atoms with Crippen molar-refractivity contribution in [1.29, 1.82) is 0 Å². The minimum atomic E-state index is -3.70. The quantitative estimate of drug-likeness (QED) is 0.830. The number of hydrogen-bond donors (Lipinski definition) is 1. The Kier molecular flexibility index (Phi) is 5.23. The fourth-order valence-electron chi connectivity index (χ4n) is 1.66. The first kappa shape index (κ1) is 17.4. The Morgan fingerprint density at radius 2 is 1.65 bits per heavy atom. The molecule has 0 aliphatic rings. The summed E-state index contributed by atoms with van der Waals surface area (Å²) >= 11 is 0. The first-order chi connectivity index (χ1) is 8.91. The standard InChI is InChI=1S/C12H18ClNO4S2/c1-12(2,3)14-20(17,18)11-7-5-4-6-10(11)8-9-19(13,15)16/h4-7,14H,8-9H2,1-3H3. The van der Waals surface area contributed by atoms with Gasteiger partial charge in [0, 0.05) is 16.2 Å². The fourth-order valence-corrected chi connectivity index (χ4v) is 4.05. The smallest absolute Gasteiger partial charge is 0.212 e. The van der Waals surface area contributed by atoms with E-state index in [0.29, 0.717) is 5.56 Å². The number of rotatable bonds is 5. The Bertz CT molecular complexity index is 676. The lowest BCUT2D eigenvalue weighted by atomic mass is 10.1. The van der Waals surface area contributed by atoms with E-state index in [4.69, 9.17) is 10.7 Å². The lowest BCUT2D eigenvalue weighted by Crippen LogP contribution is -2.40. The Morgan fingerprint density at radius 3 is 2.15 bits per heavy atom. The van der Waals surface area contributed by atoms with E-state index in [9.17, 15) is 16.8 Å². The van der Waals surface area contributed by atoms with Gasteiger partial charge in [-0.05, 0) is 38.8 Å². The summed E-state index contributed by atoms with van der Waals surface area (Å²) in [6, 6.07) is 6.28. The van der Waals surface area contributed by atoms with Crippen molar-refractivity contribution < 1.29 is 16.8 Å². The van der Waals surface area contributed by atoms with E-state index >= 15 is 0 Å². The Labute approximate surface area is 124 Å². The molecule has 1 rings (SSSR count).